The molecule has 1 aromatic heterocycles. The Bertz CT molecular complexity index is 1160. The minimum atomic E-state index is -0.365. The van der Waals surface area contributed by atoms with Crippen molar-refractivity contribution in [2.75, 3.05) is 0 Å². The molecule has 0 atom stereocenters. The van der Waals surface area contributed by atoms with Gasteiger partial charge in [0.1, 0.15) is 18.9 Å². The predicted octanol–water partition coefficient (Wildman–Crippen LogP) is 3.07. The lowest BCUT2D eigenvalue weighted by molar-refractivity contribution is -0.122. The summed E-state index contributed by atoms with van der Waals surface area (Å²) in [5.41, 5.74) is 5.13. The number of carbonyl (C=O) groups excluding carboxylic acids is 1. The highest BCUT2D eigenvalue weighted by atomic mass is 16.5. The minimum Gasteiger partial charge on any atom is -0.488 e. The third-order valence-corrected chi connectivity index (χ3v) is 4.32. The molecule has 0 fully saturated rings. The molecule has 0 aliphatic heterocycles. The molecular formula is C23H20N6O2. The van der Waals surface area contributed by atoms with Crippen LogP contribution in [-0.4, -0.2) is 32.3 Å². The normalized spacial score (nSPS) is 10.8. The van der Waals surface area contributed by atoms with E-state index in [2.05, 4.69) is 25.9 Å². The van der Waals surface area contributed by atoms with E-state index in [0.29, 0.717) is 18.2 Å². The van der Waals surface area contributed by atoms with E-state index in [1.165, 1.54) is 4.80 Å². The molecule has 3 aromatic carbocycles. The summed E-state index contributed by atoms with van der Waals surface area (Å²) in [7, 11) is 0. The topological polar surface area (TPSA) is 94.3 Å². The number of rotatable bonds is 8. The number of aromatic nitrogens is 4. The first-order valence-electron chi connectivity index (χ1n) is 9.69. The number of nitrogens with zero attached hydrogens (tertiary/aromatic N) is 5. The van der Waals surface area contributed by atoms with Gasteiger partial charge in [0.25, 0.3) is 5.91 Å². The molecule has 8 heteroatoms. The highest BCUT2D eigenvalue weighted by Crippen LogP contribution is 2.17. The predicted molar refractivity (Wildman–Crippen MR) is 116 cm³/mol. The van der Waals surface area contributed by atoms with Crippen LogP contribution in [0, 0.1) is 0 Å². The Kier molecular flexibility index (Phi) is 6.39. The van der Waals surface area contributed by atoms with Gasteiger partial charge >= 0.3 is 0 Å². The van der Waals surface area contributed by atoms with E-state index in [1.54, 1.807) is 6.21 Å². The molecule has 0 unspecified atom stereocenters. The third-order valence-electron chi connectivity index (χ3n) is 4.32. The molecule has 0 spiro atoms. The zero-order valence-corrected chi connectivity index (χ0v) is 16.6. The number of hydrogen-bond acceptors (Lipinski definition) is 6. The van der Waals surface area contributed by atoms with Gasteiger partial charge in [0.05, 0.1) is 6.21 Å². The summed E-state index contributed by atoms with van der Waals surface area (Å²) in [6, 6.07) is 26.8. The number of para-hydroxylation sites is 1. The smallest absolute Gasteiger partial charge is 0.263 e. The molecule has 4 rings (SSSR count). The van der Waals surface area contributed by atoms with Crippen LogP contribution in [0.2, 0.25) is 0 Å². The number of nitrogens with one attached hydrogen (secondary N) is 1. The lowest BCUT2D eigenvalue weighted by Crippen LogP contribution is -2.24. The Morgan fingerprint density at radius 3 is 2.48 bits per heavy atom. The van der Waals surface area contributed by atoms with Crippen LogP contribution in [0.5, 0.6) is 5.75 Å². The number of ether oxygens (including phenoxy) is 1. The van der Waals surface area contributed by atoms with Crippen LogP contribution < -0.4 is 10.2 Å². The summed E-state index contributed by atoms with van der Waals surface area (Å²) in [4.78, 5) is 13.4. The second-order valence-electron chi connectivity index (χ2n) is 6.61. The highest BCUT2D eigenvalue weighted by molar-refractivity contribution is 5.85. The molecule has 8 nitrogen and oxygen atoms in total. The molecule has 4 aromatic rings. The van der Waals surface area contributed by atoms with E-state index in [1.807, 2.05) is 84.9 Å². The van der Waals surface area contributed by atoms with Crippen molar-refractivity contribution in [3.63, 3.8) is 0 Å². The highest BCUT2D eigenvalue weighted by Gasteiger charge is 2.08. The molecule has 31 heavy (non-hydrogen) atoms. The van der Waals surface area contributed by atoms with Gasteiger partial charge in [0.2, 0.25) is 5.82 Å². The third kappa shape index (κ3) is 5.60. The first-order chi connectivity index (χ1) is 15.3. The molecule has 1 N–H and O–H groups in total. The van der Waals surface area contributed by atoms with Crippen molar-refractivity contribution in [1.29, 1.82) is 0 Å². The minimum absolute atomic E-state index is 0.0939. The molecule has 0 radical (unpaired) electrons. The molecule has 0 aliphatic rings. The zero-order chi connectivity index (χ0) is 21.3. The van der Waals surface area contributed by atoms with Gasteiger partial charge in [-0.1, -0.05) is 72.8 Å². The number of tetrazole rings is 1. The fourth-order valence-electron chi connectivity index (χ4n) is 2.80. The van der Waals surface area contributed by atoms with Gasteiger partial charge in [-0.15, -0.1) is 10.2 Å². The van der Waals surface area contributed by atoms with Gasteiger partial charge in [0.15, 0.2) is 0 Å². The molecule has 154 valence electrons. The Morgan fingerprint density at radius 2 is 1.68 bits per heavy atom. The average Bonchev–Trinajstić information content (AvgIpc) is 3.28. The van der Waals surface area contributed by atoms with Crippen molar-refractivity contribution in [1.82, 2.24) is 25.6 Å². The van der Waals surface area contributed by atoms with Crippen LogP contribution in [0.3, 0.4) is 0 Å². The Labute approximate surface area is 179 Å². The van der Waals surface area contributed by atoms with Crippen molar-refractivity contribution in [3.8, 4) is 17.1 Å². The first kappa shape index (κ1) is 20.0. The molecule has 1 heterocycles. The summed E-state index contributed by atoms with van der Waals surface area (Å²) in [5, 5.41) is 16.1. The summed E-state index contributed by atoms with van der Waals surface area (Å²) in [6.45, 7) is 0.350. The monoisotopic (exact) mass is 412 g/mol. The van der Waals surface area contributed by atoms with E-state index in [0.717, 1.165) is 16.7 Å². The number of benzene rings is 3. The van der Waals surface area contributed by atoms with Crippen LogP contribution in [0.1, 0.15) is 11.1 Å². The second-order valence-corrected chi connectivity index (χ2v) is 6.61. The summed E-state index contributed by atoms with van der Waals surface area (Å²) in [6.07, 6.45) is 1.54. The van der Waals surface area contributed by atoms with Crippen molar-refractivity contribution in [3.05, 3.63) is 96.1 Å². The number of amides is 1. The maximum atomic E-state index is 12.2. The first-order valence-corrected chi connectivity index (χ1v) is 9.69. The molecular weight excluding hydrogens is 392 g/mol. The fourth-order valence-corrected chi connectivity index (χ4v) is 2.80. The zero-order valence-electron chi connectivity index (χ0n) is 16.6. The Morgan fingerprint density at radius 1 is 0.968 bits per heavy atom. The van der Waals surface area contributed by atoms with E-state index < -0.39 is 0 Å². The van der Waals surface area contributed by atoms with Crippen LogP contribution >= 0.6 is 0 Å². The number of hydrazone groups is 1. The molecule has 0 bridgehead atoms. The number of hydrogen-bond donors (Lipinski definition) is 1. The summed E-state index contributed by atoms with van der Waals surface area (Å²) >= 11 is 0. The van der Waals surface area contributed by atoms with Gasteiger partial charge in [-0.3, -0.25) is 4.79 Å². The number of carbonyl (C=O) groups is 1. The van der Waals surface area contributed by atoms with E-state index in [9.17, 15) is 4.79 Å². The van der Waals surface area contributed by atoms with Gasteiger partial charge in [0, 0.05) is 11.1 Å². The van der Waals surface area contributed by atoms with Gasteiger partial charge < -0.3 is 4.74 Å². The van der Waals surface area contributed by atoms with E-state index in [4.69, 9.17) is 4.74 Å². The Hall–Kier alpha value is -4.33. The molecule has 0 saturated carbocycles. The van der Waals surface area contributed by atoms with Crippen molar-refractivity contribution in [2.45, 2.75) is 13.2 Å². The van der Waals surface area contributed by atoms with Crippen molar-refractivity contribution < 1.29 is 9.53 Å². The second kappa shape index (κ2) is 9.93. The van der Waals surface area contributed by atoms with Crippen LogP contribution in [-0.2, 0) is 17.9 Å². The van der Waals surface area contributed by atoms with E-state index in [-0.39, 0.29) is 12.5 Å². The fraction of sp³-hybridized carbons (Fsp3) is 0.0870. The maximum absolute atomic E-state index is 12.2. The van der Waals surface area contributed by atoms with Crippen LogP contribution in [0.25, 0.3) is 11.4 Å². The molecule has 0 saturated heterocycles. The SMILES string of the molecule is O=C(Cn1nnc(-c2ccccc2)n1)N/N=C\c1ccccc1OCc1ccccc1. The maximum Gasteiger partial charge on any atom is 0.263 e. The average molecular weight is 412 g/mol. The Balaban J connectivity index is 1.32. The van der Waals surface area contributed by atoms with Crippen LogP contribution in [0.4, 0.5) is 0 Å². The quantitative estimate of drug-likeness (QED) is 0.355. The molecule has 1 amide bonds. The van der Waals surface area contributed by atoms with Crippen molar-refractivity contribution >= 4 is 12.1 Å². The lowest BCUT2D eigenvalue weighted by atomic mass is 10.2. The van der Waals surface area contributed by atoms with Gasteiger partial charge in [-0.25, -0.2) is 5.43 Å². The van der Waals surface area contributed by atoms with Gasteiger partial charge in [-0.05, 0) is 22.9 Å². The standard InChI is InChI=1S/C23H20N6O2/c30-22(16-29-27-23(26-28-29)19-11-5-2-6-12-19)25-24-15-20-13-7-8-14-21(20)31-17-18-9-3-1-4-10-18/h1-15H,16-17H2,(H,25,30)/b24-15-. The lowest BCUT2D eigenvalue weighted by Gasteiger charge is -2.08. The van der Waals surface area contributed by atoms with Gasteiger partial charge in [-0.2, -0.15) is 9.90 Å². The summed E-state index contributed by atoms with van der Waals surface area (Å²) < 4.78 is 5.88. The largest absolute Gasteiger partial charge is 0.488 e. The van der Waals surface area contributed by atoms with Crippen molar-refractivity contribution in [2.24, 2.45) is 5.10 Å². The summed E-state index contributed by atoms with van der Waals surface area (Å²) in [5.74, 6) is 0.770. The van der Waals surface area contributed by atoms with Crippen LogP contribution in [0.15, 0.2) is 90.0 Å². The van der Waals surface area contributed by atoms with E-state index >= 15 is 0 Å². The molecule has 0 aliphatic carbocycles.